The molecule has 174 valence electrons. The number of aryl methyl sites for hydroxylation is 1. The average molecular weight is 466 g/mol. The molecule has 1 aliphatic carbocycles. The van der Waals surface area contributed by atoms with Gasteiger partial charge in [-0.15, -0.1) is 11.3 Å². The number of carboxylic acids is 1. The monoisotopic (exact) mass is 465 g/mol. The number of thiazole rings is 1. The highest BCUT2D eigenvalue weighted by molar-refractivity contribution is 7.18. The van der Waals surface area contributed by atoms with Crippen molar-refractivity contribution >= 4 is 33.4 Å². The lowest BCUT2D eigenvalue weighted by molar-refractivity contribution is -0.870. The van der Waals surface area contributed by atoms with Gasteiger partial charge in [0.15, 0.2) is 0 Å². The quantitative estimate of drug-likeness (QED) is 0.492. The third kappa shape index (κ3) is 5.60. The number of nitrogens with one attached hydrogen (secondary N) is 1. The summed E-state index contributed by atoms with van der Waals surface area (Å²) in [5, 5.41) is 15.3. The van der Waals surface area contributed by atoms with Gasteiger partial charge in [-0.25, -0.2) is 4.98 Å². The lowest BCUT2D eigenvalue weighted by Gasteiger charge is -2.28. The number of quaternary nitrogens is 1. The molecule has 33 heavy (non-hydrogen) atoms. The zero-order valence-corrected chi connectivity index (χ0v) is 20.3. The Hall–Kier alpha value is -2.77. The van der Waals surface area contributed by atoms with E-state index in [1.807, 2.05) is 30.3 Å². The van der Waals surface area contributed by atoms with Crippen LogP contribution in [-0.4, -0.2) is 49.0 Å². The van der Waals surface area contributed by atoms with Crippen molar-refractivity contribution in [2.75, 3.05) is 27.7 Å². The summed E-state index contributed by atoms with van der Waals surface area (Å²) in [5.74, 6) is -1.45. The molecule has 0 atom stereocenters. The van der Waals surface area contributed by atoms with Crippen molar-refractivity contribution in [1.82, 2.24) is 10.3 Å². The predicted molar refractivity (Wildman–Crippen MR) is 129 cm³/mol. The Labute approximate surface area is 198 Å². The smallest absolute Gasteiger partial charge is 0.227 e. The van der Waals surface area contributed by atoms with Crippen molar-refractivity contribution in [3.63, 3.8) is 0 Å². The molecule has 1 aromatic heterocycles. The predicted octanol–water partition coefficient (Wildman–Crippen LogP) is 2.48. The number of nitrogens with zero attached hydrogens (tertiary/aromatic N) is 2. The van der Waals surface area contributed by atoms with Crippen LogP contribution >= 0.6 is 11.3 Å². The fraction of sp³-hybridized carbons (Fsp3) is 0.423. The number of aliphatic carboxylic acids is 1. The Kier molecular flexibility index (Phi) is 6.54. The van der Waals surface area contributed by atoms with Crippen LogP contribution in [0.25, 0.3) is 10.2 Å². The molecule has 1 aliphatic rings. The number of carbonyl (C=O) groups excluding carboxylic acids is 2. The Morgan fingerprint density at radius 2 is 1.82 bits per heavy atom. The van der Waals surface area contributed by atoms with Crippen molar-refractivity contribution < 1.29 is 19.2 Å². The number of fused-ring (bicyclic) bond motifs is 2. The summed E-state index contributed by atoms with van der Waals surface area (Å²) >= 11 is 1.58. The van der Waals surface area contributed by atoms with Crippen LogP contribution in [0.2, 0.25) is 0 Å². The molecule has 0 unspecified atom stereocenters. The summed E-state index contributed by atoms with van der Waals surface area (Å²) in [6.45, 7) is 1.41. The Morgan fingerprint density at radius 1 is 1.12 bits per heavy atom. The molecule has 4 rings (SSSR count). The van der Waals surface area contributed by atoms with E-state index in [4.69, 9.17) is 0 Å². The largest absolute Gasteiger partial charge is 0.550 e. The van der Waals surface area contributed by atoms with Gasteiger partial charge < -0.3 is 19.7 Å². The SMILES string of the molecule is C[N+](C)(C)CCCc1ccc2nc(CNC(=O)C3(CC(=O)[O-])Cc4ccccc4C3)sc2c1. The Bertz CT molecular complexity index is 1150. The lowest BCUT2D eigenvalue weighted by atomic mass is 9.80. The van der Waals surface area contributed by atoms with E-state index in [9.17, 15) is 14.7 Å². The van der Waals surface area contributed by atoms with Crippen LogP contribution in [0.15, 0.2) is 42.5 Å². The number of hydrogen-bond acceptors (Lipinski definition) is 5. The van der Waals surface area contributed by atoms with Crippen molar-refractivity contribution in [2.45, 2.75) is 38.6 Å². The number of carbonyl (C=O) groups is 2. The topological polar surface area (TPSA) is 82.1 Å². The minimum atomic E-state index is -1.20. The molecule has 2 aromatic carbocycles. The van der Waals surface area contributed by atoms with Crippen molar-refractivity contribution in [1.29, 1.82) is 0 Å². The van der Waals surface area contributed by atoms with Gasteiger partial charge in [0, 0.05) is 18.8 Å². The van der Waals surface area contributed by atoms with Gasteiger partial charge >= 0.3 is 0 Å². The molecular formula is C26H31N3O3S. The van der Waals surface area contributed by atoms with Crippen LogP contribution in [-0.2, 0) is 35.4 Å². The van der Waals surface area contributed by atoms with E-state index in [2.05, 4.69) is 43.6 Å². The van der Waals surface area contributed by atoms with Crippen LogP contribution in [0, 0.1) is 5.41 Å². The third-order valence-corrected chi connectivity index (χ3v) is 7.35. The van der Waals surface area contributed by atoms with Gasteiger partial charge in [-0.1, -0.05) is 30.3 Å². The van der Waals surface area contributed by atoms with Gasteiger partial charge in [0.2, 0.25) is 5.91 Å². The first-order chi connectivity index (χ1) is 15.6. The summed E-state index contributed by atoms with van der Waals surface area (Å²) in [4.78, 5) is 29.3. The maximum Gasteiger partial charge on any atom is 0.227 e. The van der Waals surface area contributed by atoms with E-state index in [0.717, 1.165) is 50.2 Å². The highest BCUT2D eigenvalue weighted by Gasteiger charge is 2.43. The molecule has 0 saturated heterocycles. The maximum atomic E-state index is 13.2. The van der Waals surface area contributed by atoms with Crippen molar-refractivity contribution in [3.8, 4) is 0 Å². The molecule has 7 heteroatoms. The fourth-order valence-electron chi connectivity index (χ4n) is 4.68. The first kappa shape index (κ1) is 23.4. The molecule has 0 aliphatic heterocycles. The van der Waals surface area contributed by atoms with Gasteiger partial charge in [-0.05, 0) is 48.1 Å². The Balaban J connectivity index is 1.42. The highest BCUT2D eigenvalue weighted by atomic mass is 32.1. The number of benzene rings is 2. The molecule has 0 radical (unpaired) electrons. The van der Waals surface area contributed by atoms with Gasteiger partial charge in [-0.3, -0.25) is 4.79 Å². The van der Waals surface area contributed by atoms with E-state index < -0.39 is 11.4 Å². The summed E-state index contributed by atoms with van der Waals surface area (Å²) < 4.78 is 2.07. The number of amides is 1. The minimum Gasteiger partial charge on any atom is -0.550 e. The van der Waals surface area contributed by atoms with Crippen LogP contribution in [0.5, 0.6) is 0 Å². The molecule has 0 saturated carbocycles. The molecule has 3 aromatic rings. The number of rotatable bonds is 9. The zero-order chi connectivity index (χ0) is 23.6. The second kappa shape index (κ2) is 9.23. The van der Waals surface area contributed by atoms with E-state index in [1.165, 1.54) is 5.56 Å². The van der Waals surface area contributed by atoms with Gasteiger partial charge in [0.1, 0.15) is 5.01 Å². The summed E-state index contributed by atoms with van der Waals surface area (Å²) in [7, 11) is 6.61. The van der Waals surface area contributed by atoms with E-state index >= 15 is 0 Å². The summed E-state index contributed by atoms with van der Waals surface area (Å²) in [6, 6.07) is 14.1. The standard InChI is InChI=1S/C26H31N3O3S/c1-29(2,3)12-6-7-18-10-11-21-22(13-18)33-23(28-21)17-27-25(32)26(16-24(30)31)14-19-8-4-5-9-20(19)15-26/h4-5,8-11,13H,6-7,12,14-17H2,1-3H3,(H-,27,30,31,32). The first-order valence-electron chi connectivity index (χ1n) is 11.4. The number of hydrogen-bond donors (Lipinski definition) is 1. The van der Waals surface area contributed by atoms with Crippen molar-refractivity contribution in [3.05, 3.63) is 64.2 Å². The van der Waals surface area contributed by atoms with Gasteiger partial charge in [0.05, 0.1) is 49.9 Å². The highest BCUT2D eigenvalue weighted by Crippen LogP contribution is 2.40. The second-order valence-corrected chi connectivity index (χ2v) is 11.3. The summed E-state index contributed by atoms with van der Waals surface area (Å²) in [5.41, 5.74) is 3.29. The normalized spacial score (nSPS) is 14.9. The van der Waals surface area contributed by atoms with E-state index in [0.29, 0.717) is 19.4 Å². The van der Waals surface area contributed by atoms with Crippen LogP contribution in [0.1, 0.15) is 34.5 Å². The average Bonchev–Trinajstić information content (AvgIpc) is 3.31. The molecule has 6 nitrogen and oxygen atoms in total. The fourth-order valence-corrected chi connectivity index (χ4v) is 5.66. The van der Waals surface area contributed by atoms with Crippen molar-refractivity contribution in [2.24, 2.45) is 5.41 Å². The third-order valence-electron chi connectivity index (χ3n) is 6.33. The lowest BCUT2D eigenvalue weighted by Crippen LogP contribution is -2.45. The molecule has 0 bridgehead atoms. The van der Waals surface area contributed by atoms with Gasteiger partial charge in [-0.2, -0.15) is 0 Å². The molecule has 0 fully saturated rings. The second-order valence-electron chi connectivity index (χ2n) is 10.2. The van der Waals surface area contributed by atoms with Crippen LogP contribution < -0.4 is 10.4 Å². The van der Waals surface area contributed by atoms with E-state index in [-0.39, 0.29) is 12.3 Å². The van der Waals surface area contributed by atoms with Crippen LogP contribution in [0.4, 0.5) is 0 Å². The zero-order valence-electron chi connectivity index (χ0n) is 19.5. The first-order valence-corrected chi connectivity index (χ1v) is 12.2. The molecule has 1 N–H and O–H groups in total. The molecule has 0 spiro atoms. The number of aromatic nitrogens is 1. The summed E-state index contributed by atoms with van der Waals surface area (Å²) in [6.07, 6.45) is 2.70. The minimum absolute atomic E-state index is 0.247. The Morgan fingerprint density at radius 3 is 2.45 bits per heavy atom. The van der Waals surface area contributed by atoms with Crippen LogP contribution in [0.3, 0.4) is 0 Å². The molecular weight excluding hydrogens is 434 g/mol. The van der Waals surface area contributed by atoms with Gasteiger partial charge in [0.25, 0.3) is 0 Å². The molecule has 1 heterocycles. The van der Waals surface area contributed by atoms with E-state index in [1.54, 1.807) is 11.3 Å². The maximum absolute atomic E-state index is 13.2. The number of carboxylic acid groups (broad SMARTS) is 1. The molecule has 1 amide bonds.